The van der Waals surface area contributed by atoms with Gasteiger partial charge in [-0.15, -0.1) is 6.58 Å². The Morgan fingerprint density at radius 1 is 1.29 bits per heavy atom. The van der Waals surface area contributed by atoms with Gasteiger partial charge >= 0.3 is 0 Å². The molecule has 0 bridgehead atoms. The minimum absolute atomic E-state index is 1.12. The molecule has 0 radical (unpaired) electrons. The highest BCUT2D eigenvalue weighted by Gasteiger charge is 2.10. The molecular formula is C13H19N. The molecule has 0 atom stereocenters. The van der Waals surface area contributed by atoms with Gasteiger partial charge in [0.2, 0.25) is 0 Å². The third-order valence-electron chi connectivity index (χ3n) is 2.32. The molecule has 76 valence electrons. The Hall–Kier alpha value is -1.08. The second-order valence-corrected chi connectivity index (χ2v) is 3.66. The molecule has 1 heteroatoms. The van der Waals surface area contributed by atoms with Crippen molar-refractivity contribution in [2.24, 2.45) is 0 Å². The van der Waals surface area contributed by atoms with Crippen LogP contribution < -0.4 is 0 Å². The van der Waals surface area contributed by atoms with Crippen molar-refractivity contribution in [3.05, 3.63) is 48.0 Å². The van der Waals surface area contributed by atoms with Gasteiger partial charge in [-0.25, -0.2) is 0 Å². The van der Waals surface area contributed by atoms with Crippen LogP contribution in [-0.4, -0.2) is 18.5 Å². The van der Waals surface area contributed by atoms with E-state index in [1.807, 2.05) is 6.92 Å². The Labute approximate surface area is 87.1 Å². The summed E-state index contributed by atoms with van der Waals surface area (Å²) >= 11 is 0. The summed E-state index contributed by atoms with van der Waals surface area (Å²) in [5, 5.41) is 0. The van der Waals surface area contributed by atoms with Gasteiger partial charge in [0.15, 0.2) is 0 Å². The molecule has 14 heavy (non-hydrogen) atoms. The van der Waals surface area contributed by atoms with E-state index in [1.54, 1.807) is 6.08 Å². The van der Waals surface area contributed by atoms with Crippen LogP contribution in [0, 0.1) is 0 Å². The van der Waals surface area contributed by atoms with E-state index in [0.717, 1.165) is 6.54 Å². The lowest BCUT2D eigenvalue weighted by molar-refractivity contribution is 0.313. The molecule has 0 aliphatic carbocycles. The molecule has 1 nitrogen and oxygen atoms in total. The summed E-state index contributed by atoms with van der Waals surface area (Å²) in [4.78, 5) is 2.36. The summed E-state index contributed by atoms with van der Waals surface area (Å²) in [6, 6.07) is 8.72. The van der Waals surface area contributed by atoms with Gasteiger partial charge in [-0.3, -0.25) is 0 Å². The van der Waals surface area contributed by atoms with Gasteiger partial charge in [-0.2, -0.15) is 0 Å². The molecule has 1 aliphatic heterocycles. The Morgan fingerprint density at radius 2 is 1.86 bits per heavy atom. The third kappa shape index (κ3) is 3.00. The van der Waals surface area contributed by atoms with E-state index in [2.05, 4.69) is 42.8 Å². The average molecular weight is 189 g/mol. The standard InChI is InChI=1S/C10H13N.C3H6/c1-11-7-6-9-4-2-3-5-10(9)8-11;1-3-2/h2-5H,6-8H2,1H3;3H,1H2,2H3. The molecule has 0 saturated heterocycles. The van der Waals surface area contributed by atoms with Gasteiger partial charge in [0.05, 0.1) is 0 Å². The summed E-state index contributed by atoms with van der Waals surface area (Å²) in [5.74, 6) is 0. The first kappa shape index (κ1) is 11.0. The van der Waals surface area contributed by atoms with Crippen LogP contribution in [0.2, 0.25) is 0 Å². The summed E-state index contributed by atoms with van der Waals surface area (Å²) in [6.45, 7) is 7.58. The highest BCUT2D eigenvalue weighted by molar-refractivity contribution is 5.28. The molecule has 0 unspecified atom stereocenters. The Kier molecular flexibility index (Phi) is 4.41. The van der Waals surface area contributed by atoms with Crippen LogP contribution in [0.5, 0.6) is 0 Å². The first-order valence-electron chi connectivity index (χ1n) is 5.10. The molecule has 0 fully saturated rings. The first-order valence-corrected chi connectivity index (χ1v) is 5.10. The fourth-order valence-corrected chi connectivity index (χ4v) is 1.64. The maximum absolute atomic E-state index is 3.36. The lowest BCUT2D eigenvalue weighted by Gasteiger charge is -2.24. The molecule has 1 heterocycles. The largest absolute Gasteiger partial charge is 0.302 e. The molecule has 0 N–H and O–H groups in total. The first-order chi connectivity index (χ1) is 6.77. The van der Waals surface area contributed by atoms with Crippen molar-refractivity contribution < 1.29 is 0 Å². The van der Waals surface area contributed by atoms with Crippen LogP contribution in [0.3, 0.4) is 0 Å². The van der Waals surface area contributed by atoms with Gasteiger partial charge in [0.25, 0.3) is 0 Å². The van der Waals surface area contributed by atoms with Crippen molar-refractivity contribution in [2.75, 3.05) is 13.6 Å². The van der Waals surface area contributed by atoms with Gasteiger partial charge in [0, 0.05) is 13.1 Å². The molecule has 0 aromatic heterocycles. The monoisotopic (exact) mass is 189 g/mol. The van der Waals surface area contributed by atoms with E-state index in [-0.39, 0.29) is 0 Å². The van der Waals surface area contributed by atoms with E-state index < -0.39 is 0 Å². The summed E-state index contributed by atoms with van der Waals surface area (Å²) in [7, 11) is 2.18. The van der Waals surface area contributed by atoms with E-state index in [1.165, 1.54) is 24.1 Å². The van der Waals surface area contributed by atoms with Crippen molar-refractivity contribution in [3.63, 3.8) is 0 Å². The van der Waals surface area contributed by atoms with Crippen molar-refractivity contribution in [3.8, 4) is 0 Å². The van der Waals surface area contributed by atoms with Crippen molar-refractivity contribution >= 4 is 0 Å². The molecule has 1 aliphatic rings. The van der Waals surface area contributed by atoms with E-state index in [4.69, 9.17) is 0 Å². The van der Waals surface area contributed by atoms with Crippen LogP contribution >= 0.6 is 0 Å². The zero-order chi connectivity index (χ0) is 10.4. The van der Waals surface area contributed by atoms with Crippen LogP contribution in [0.1, 0.15) is 18.1 Å². The smallest absolute Gasteiger partial charge is 0.0233 e. The topological polar surface area (TPSA) is 3.24 Å². The van der Waals surface area contributed by atoms with Crippen molar-refractivity contribution in [2.45, 2.75) is 19.9 Å². The second kappa shape index (κ2) is 5.61. The molecule has 0 spiro atoms. The lowest BCUT2D eigenvalue weighted by atomic mass is 10.0. The second-order valence-electron chi connectivity index (χ2n) is 3.66. The predicted molar refractivity (Wildman–Crippen MR) is 62.4 cm³/mol. The molecule has 0 saturated carbocycles. The van der Waals surface area contributed by atoms with Crippen LogP contribution in [-0.2, 0) is 13.0 Å². The molecule has 1 aromatic rings. The highest BCUT2D eigenvalue weighted by Crippen LogP contribution is 2.16. The summed E-state index contributed by atoms with van der Waals surface area (Å²) in [6.07, 6.45) is 2.96. The number of likely N-dealkylation sites (N-methyl/N-ethyl adjacent to an activating group) is 1. The van der Waals surface area contributed by atoms with Crippen LogP contribution in [0.4, 0.5) is 0 Å². The maximum atomic E-state index is 3.36. The summed E-state index contributed by atoms with van der Waals surface area (Å²) < 4.78 is 0. The number of benzene rings is 1. The predicted octanol–water partition coefficient (Wildman–Crippen LogP) is 2.87. The van der Waals surface area contributed by atoms with Gasteiger partial charge in [-0.05, 0) is 31.5 Å². The SMILES string of the molecule is C=CC.CN1CCc2ccccc2C1. The minimum atomic E-state index is 1.12. The van der Waals surface area contributed by atoms with Gasteiger partial charge in [0.1, 0.15) is 0 Å². The number of allylic oxidation sites excluding steroid dienone is 1. The Balaban J connectivity index is 0.000000293. The average Bonchev–Trinajstić information content (AvgIpc) is 2.19. The number of fused-ring (bicyclic) bond motifs is 1. The number of rotatable bonds is 0. The quantitative estimate of drug-likeness (QED) is 0.567. The highest BCUT2D eigenvalue weighted by atomic mass is 15.1. The fourth-order valence-electron chi connectivity index (χ4n) is 1.64. The van der Waals surface area contributed by atoms with Crippen molar-refractivity contribution in [1.29, 1.82) is 0 Å². The number of hydrogen-bond donors (Lipinski definition) is 0. The molecular weight excluding hydrogens is 170 g/mol. The third-order valence-corrected chi connectivity index (χ3v) is 2.32. The lowest BCUT2D eigenvalue weighted by Crippen LogP contribution is -2.26. The Morgan fingerprint density at radius 3 is 2.50 bits per heavy atom. The Bertz CT molecular complexity index is 291. The van der Waals surface area contributed by atoms with E-state index >= 15 is 0 Å². The zero-order valence-electron chi connectivity index (χ0n) is 9.16. The number of hydrogen-bond acceptors (Lipinski definition) is 1. The van der Waals surface area contributed by atoms with Crippen LogP contribution in [0.25, 0.3) is 0 Å². The molecule has 0 amide bonds. The molecule has 2 rings (SSSR count). The zero-order valence-corrected chi connectivity index (χ0v) is 9.16. The van der Waals surface area contributed by atoms with Gasteiger partial charge < -0.3 is 4.90 Å². The summed E-state index contributed by atoms with van der Waals surface area (Å²) in [5.41, 5.74) is 3.03. The van der Waals surface area contributed by atoms with Crippen LogP contribution in [0.15, 0.2) is 36.9 Å². The fraction of sp³-hybridized carbons (Fsp3) is 0.385. The minimum Gasteiger partial charge on any atom is -0.302 e. The van der Waals surface area contributed by atoms with E-state index in [0.29, 0.717) is 0 Å². The maximum Gasteiger partial charge on any atom is 0.0233 e. The van der Waals surface area contributed by atoms with E-state index in [9.17, 15) is 0 Å². The molecule has 1 aromatic carbocycles. The van der Waals surface area contributed by atoms with Gasteiger partial charge in [-0.1, -0.05) is 30.3 Å². The normalized spacial score (nSPS) is 15.0. The number of nitrogens with zero attached hydrogens (tertiary/aromatic N) is 1. The van der Waals surface area contributed by atoms with Crippen molar-refractivity contribution in [1.82, 2.24) is 4.90 Å².